The molecule has 7 nitrogen and oxygen atoms in total. The second-order valence-electron chi connectivity index (χ2n) is 5.29. The zero-order valence-electron chi connectivity index (χ0n) is 12.6. The average molecular weight is 309 g/mol. The number of hydrogen-bond acceptors (Lipinski definition) is 6. The predicted molar refractivity (Wildman–Crippen MR) is 83.1 cm³/mol. The summed E-state index contributed by atoms with van der Waals surface area (Å²) in [6.07, 6.45) is 6.70. The first-order valence-electron chi connectivity index (χ1n) is 7.31. The topological polar surface area (TPSA) is 73.5 Å². The van der Waals surface area contributed by atoms with Gasteiger partial charge in [0, 0.05) is 31.2 Å². The highest BCUT2D eigenvalue weighted by Gasteiger charge is 2.06. The van der Waals surface area contributed by atoms with Gasteiger partial charge in [0.2, 0.25) is 5.16 Å². The second kappa shape index (κ2) is 8.78. The van der Waals surface area contributed by atoms with Gasteiger partial charge in [-0.25, -0.2) is 9.67 Å². The molecule has 0 unspecified atom stereocenters. The molecule has 2 rings (SSSR count). The minimum absolute atomic E-state index is 0.663. The van der Waals surface area contributed by atoms with E-state index in [2.05, 4.69) is 44.2 Å². The Bertz CT molecular complexity index is 494. The lowest BCUT2D eigenvalue weighted by Crippen LogP contribution is -2.24. The highest BCUT2D eigenvalue weighted by atomic mass is 32.2. The van der Waals surface area contributed by atoms with E-state index in [1.165, 1.54) is 0 Å². The highest BCUT2D eigenvalue weighted by Crippen LogP contribution is 2.14. The number of tetrazole rings is 1. The van der Waals surface area contributed by atoms with Crippen molar-refractivity contribution in [1.82, 2.24) is 35.1 Å². The van der Waals surface area contributed by atoms with E-state index in [0.717, 1.165) is 43.5 Å². The van der Waals surface area contributed by atoms with Crippen LogP contribution >= 0.6 is 11.8 Å². The van der Waals surface area contributed by atoms with E-state index < -0.39 is 0 Å². The van der Waals surface area contributed by atoms with Crippen molar-refractivity contribution < 1.29 is 0 Å². The first-order chi connectivity index (χ1) is 10.3. The molecule has 0 aromatic carbocycles. The molecule has 0 spiro atoms. The van der Waals surface area contributed by atoms with E-state index in [4.69, 9.17) is 0 Å². The van der Waals surface area contributed by atoms with E-state index in [1.807, 2.05) is 17.2 Å². The fraction of sp³-hybridized carbons (Fsp3) is 0.692. The molecule has 2 aromatic heterocycles. The molecule has 0 amide bonds. The lowest BCUT2D eigenvalue weighted by molar-refractivity contribution is 0.482. The van der Waals surface area contributed by atoms with Crippen LogP contribution in [-0.4, -0.2) is 48.6 Å². The molecule has 0 fully saturated rings. The third kappa shape index (κ3) is 5.84. The molecule has 1 N–H and O–H groups in total. The van der Waals surface area contributed by atoms with Gasteiger partial charge < -0.3 is 9.88 Å². The number of aryl methyl sites for hydroxylation is 1. The molecule has 0 aliphatic heterocycles. The van der Waals surface area contributed by atoms with Crippen molar-refractivity contribution in [2.75, 3.05) is 18.8 Å². The molecule has 2 aromatic rings. The zero-order chi connectivity index (χ0) is 14.9. The molecule has 0 saturated heterocycles. The maximum absolute atomic E-state index is 4.08. The van der Waals surface area contributed by atoms with Crippen LogP contribution in [-0.2, 0) is 13.1 Å². The van der Waals surface area contributed by atoms with Gasteiger partial charge >= 0.3 is 0 Å². The van der Waals surface area contributed by atoms with Crippen LogP contribution in [0.15, 0.2) is 23.9 Å². The van der Waals surface area contributed by atoms with Crippen molar-refractivity contribution in [1.29, 1.82) is 0 Å². The van der Waals surface area contributed by atoms with Crippen LogP contribution in [0, 0.1) is 5.92 Å². The van der Waals surface area contributed by atoms with E-state index in [0.29, 0.717) is 5.92 Å². The van der Waals surface area contributed by atoms with E-state index in [9.17, 15) is 0 Å². The Balaban J connectivity index is 1.65. The van der Waals surface area contributed by atoms with Crippen LogP contribution in [0.4, 0.5) is 0 Å². The Morgan fingerprint density at radius 2 is 2.24 bits per heavy atom. The van der Waals surface area contributed by atoms with Gasteiger partial charge in [0.1, 0.15) is 0 Å². The van der Waals surface area contributed by atoms with Crippen molar-refractivity contribution >= 4 is 11.8 Å². The summed E-state index contributed by atoms with van der Waals surface area (Å²) in [5, 5.41) is 16.2. The fourth-order valence-corrected chi connectivity index (χ4v) is 2.67. The molecule has 8 heteroatoms. The first-order valence-corrected chi connectivity index (χ1v) is 8.29. The van der Waals surface area contributed by atoms with Gasteiger partial charge in [-0.3, -0.25) is 0 Å². The summed E-state index contributed by atoms with van der Waals surface area (Å²) >= 11 is 1.71. The highest BCUT2D eigenvalue weighted by molar-refractivity contribution is 7.99. The smallest absolute Gasteiger partial charge is 0.209 e. The normalized spacial score (nSPS) is 11.4. The summed E-state index contributed by atoms with van der Waals surface area (Å²) in [7, 11) is 0. The quantitative estimate of drug-likeness (QED) is 0.527. The van der Waals surface area contributed by atoms with Crippen molar-refractivity contribution in [3.63, 3.8) is 0 Å². The summed E-state index contributed by atoms with van der Waals surface area (Å²) in [5.41, 5.74) is 0. The van der Waals surface area contributed by atoms with Gasteiger partial charge in [0.05, 0.1) is 12.9 Å². The molecular formula is C13H23N7S. The molecule has 0 atom stereocenters. The average Bonchev–Trinajstić information content (AvgIpc) is 3.11. The van der Waals surface area contributed by atoms with E-state index in [1.54, 1.807) is 18.0 Å². The predicted octanol–water partition coefficient (Wildman–Crippen LogP) is 1.30. The summed E-state index contributed by atoms with van der Waals surface area (Å²) < 4.78 is 3.95. The molecule has 0 bridgehead atoms. The Labute approximate surface area is 129 Å². The number of rotatable bonds is 10. The van der Waals surface area contributed by atoms with Gasteiger partial charge in [0.15, 0.2) is 0 Å². The molecule has 0 aliphatic carbocycles. The SMILES string of the molecule is CC(C)CNCCn1nnnc1SCCCn1ccnc1. The van der Waals surface area contributed by atoms with Crippen LogP contribution in [0.5, 0.6) is 0 Å². The van der Waals surface area contributed by atoms with Crippen molar-refractivity contribution in [3.05, 3.63) is 18.7 Å². The van der Waals surface area contributed by atoms with Crippen LogP contribution in [0.2, 0.25) is 0 Å². The van der Waals surface area contributed by atoms with Crippen LogP contribution < -0.4 is 5.32 Å². The zero-order valence-corrected chi connectivity index (χ0v) is 13.5. The minimum atomic E-state index is 0.663. The second-order valence-corrected chi connectivity index (χ2v) is 6.35. The number of aromatic nitrogens is 6. The van der Waals surface area contributed by atoms with Gasteiger partial charge in [0.25, 0.3) is 0 Å². The number of nitrogens with zero attached hydrogens (tertiary/aromatic N) is 6. The van der Waals surface area contributed by atoms with E-state index >= 15 is 0 Å². The minimum Gasteiger partial charge on any atom is -0.337 e. The molecular weight excluding hydrogens is 286 g/mol. The summed E-state index contributed by atoms with van der Waals surface area (Å²) in [5.74, 6) is 1.66. The fourth-order valence-electron chi connectivity index (χ4n) is 1.85. The lowest BCUT2D eigenvalue weighted by Gasteiger charge is -2.08. The largest absolute Gasteiger partial charge is 0.337 e. The Morgan fingerprint density at radius 1 is 1.33 bits per heavy atom. The molecule has 116 valence electrons. The molecule has 2 heterocycles. The first kappa shape index (κ1) is 16.0. The molecule has 0 aliphatic rings. The van der Waals surface area contributed by atoms with Crippen LogP contribution in [0.3, 0.4) is 0 Å². The van der Waals surface area contributed by atoms with Gasteiger partial charge in [-0.2, -0.15) is 0 Å². The van der Waals surface area contributed by atoms with Crippen molar-refractivity contribution in [2.24, 2.45) is 5.92 Å². The number of hydrogen-bond donors (Lipinski definition) is 1. The molecule has 21 heavy (non-hydrogen) atoms. The van der Waals surface area contributed by atoms with E-state index in [-0.39, 0.29) is 0 Å². The van der Waals surface area contributed by atoms with Gasteiger partial charge in [-0.15, -0.1) is 5.10 Å². The van der Waals surface area contributed by atoms with Crippen molar-refractivity contribution in [3.8, 4) is 0 Å². The summed E-state index contributed by atoms with van der Waals surface area (Å²) in [4.78, 5) is 4.03. The lowest BCUT2D eigenvalue weighted by atomic mass is 10.2. The van der Waals surface area contributed by atoms with Gasteiger partial charge in [-0.05, 0) is 29.3 Å². The Kier molecular flexibility index (Phi) is 6.68. The third-order valence-electron chi connectivity index (χ3n) is 2.90. The number of imidazole rings is 1. The molecule has 0 saturated carbocycles. The monoisotopic (exact) mass is 309 g/mol. The summed E-state index contributed by atoms with van der Waals surface area (Å²) in [6.45, 7) is 8.10. The Morgan fingerprint density at radius 3 is 3.00 bits per heavy atom. The summed E-state index contributed by atoms with van der Waals surface area (Å²) in [6, 6.07) is 0. The number of nitrogens with one attached hydrogen (secondary N) is 1. The van der Waals surface area contributed by atoms with Gasteiger partial charge in [-0.1, -0.05) is 25.6 Å². The van der Waals surface area contributed by atoms with Crippen molar-refractivity contribution in [2.45, 2.75) is 38.5 Å². The Hall–Kier alpha value is -1.41. The van der Waals surface area contributed by atoms with Crippen LogP contribution in [0.25, 0.3) is 0 Å². The maximum Gasteiger partial charge on any atom is 0.209 e. The van der Waals surface area contributed by atoms with Crippen LogP contribution in [0.1, 0.15) is 20.3 Å². The third-order valence-corrected chi connectivity index (χ3v) is 3.95. The maximum atomic E-state index is 4.08. The standard InChI is InChI=1S/C13H23N7S/c1-12(2)10-14-5-8-20-13(16-17-18-20)21-9-3-6-19-7-4-15-11-19/h4,7,11-12,14H,3,5-6,8-10H2,1-2H3. The molecule has 0 radical (unpaired) electrons. The number of thioether (sulfide) groups is 1.